The average Bonchev–Trinajstić information content (AvgIpc) is 2.25. The lowest BCUT2D eigenvalue weighted by Gasteiger charge is -2.20. The van der Waals surface area contributed by atoms with Crippen molar-refractivity contribution in [1.29, 1.82) is 0 Å². The van der Waals surface area contributed by atoms with E-state index in [0.29, 0.717) is 25.7 Å². The van der Waals surface area contributed by atoms with Crippen LogP contribution in [0.15, 0.2) is 25.3 Å². The Hall–Kier alpha value is -1.09. The van der Waals surface area contributed by atoms with E-state index in [1.165, 1.54) is 0 Å². The first-order valence-corrected chi connectivity index (χ1v) is 5.38. The summed E-state index contributed by atoms with van der Waals surface area (Å²) in [5.74, 6) is 0.0927. The molecule has 0 spiro atoms. The van der Waals surface area contributed by atoms with Crippen LogP contribution < -0.4 is 5.32 Å². The smallest absolute Gasteiger partial charge is 0.237 e. The predicted molar refractivity (Wildman–Crippen MR) is 64.7 cm³/mol. The van der Waals surface area contributed by atoms with Gasteiger partial charge in [-0.2, -0.15) is 0 Å². The molecule has 1 N–H and O–H groups in total. The largest absolute Gasteiger partial charge is 0.334 e. The summed E-state index contributed by atoms with van der Waals surface area (Å²) in [4.78, 5) is 13.4. The highest BCUT2D eigenvalue weighted by Crippen LogP contribution is 1.92. The third kappa shape index (κ3) is 6.07. The highest BCUT2D eigenvalue weighted by molar-refractivity contribution is 5.78. The van der Waals surface area contributed by atoms with E-state index in [9.17, 15) is 4.79 Å². The van der Waals surface area contributed by atoms with Gasteiger partial charge in [0.25, 0.3) is 0 Å². The molecule has 3 nitrogen and oxygen atoms in total. The third-order valence-electron chi connectivity index (χ3n) is 2.27. The van der Waals surface area contributed by atoms with Gasteiger partial charge in [0.15, 0.2) is 0 Å². The maximum absolute atomic E-state index is 11.7. The Bertz CT molecular complexity index is 204. The molecule has 0 fully saturated rings. The predicted octanol–water partition coefficient (Wildman–Crippen LogP) is 1.58. The summed E-state index contributed by atoms with van der Waals surface area (Å²) in [6.07, 6.45) is 4.48. The van der Waals surface area contributed by atoms with E-state index < -0.39 is 0 Å². The Labute approximate surface area is 92.8 Å². The van der Waals surface area contributed by atoms with Crippen LogP contribution in [0.3, 0.4) is 0 Å². The minimum Gasteiger partial charge on any atom is -0.334 e. The number of rotatable bonds is 8. The summed E-state index contributed by atoms with van der Waals surface area (Å²) in [6.45, 7) is 13.0. The Kier molecular flexibility index (Phi) is 7.64. The molecule has 0 aromatic carbocycles. The van der Waals surface area contributed by atoms with E-state index in [1.54, 1.807) is 17.1 Å². The fraction of sp³-hybridized carbons (Fsp3) is 0.583. The van der Waals surface area contributed by atoms with Gasteiger partial charge in [0.2, 0.25) is 5.91 Å². The number of carbonyl (C=O) groups excluding carboxylic acids is 1. The zero-order valence-corrected chi connectivity index (χ0v) is 9.83. The monoisotopic (exact) mass is 210 g/mol. The first-order valence-electron chi connectivity index (χ1n) is 5.38. The average molecular weight is 210 g/mol. The van der Waals surface area contributed by atoms with Gasteiger partial charge in [-0.05, 0) is 13.3 Å². The van der Waals surface area contributed by atoms with Crippen molar-refractivity contribution in [3.8, 4) is 0 Å². The molecule has 1 amide bonds. The lowest BCUT2D eigenvalue weighted by Crippen LogP contribution is -2.40. The highest BCUT2D eigenvalue weighted by Gasteiger charge is 2.10. The number of nitrogens with zero attached hydrogens (tertiary/aromatic N) is 1. The van der Waals surface area contributed by atoms with Crippen molar-refractivity contribution in [1.82, 2.24) is 10.2 Å². The standard InChI is InChI=1S/C12H22N2O/c1-5-8-14(9-6-2)12(15)10-13-11(4)7-3/h5-6,11,13H,1-2,7-10H2,3-4H3. The van der Waals surface area contributed by atoms with Gasteiger partial charge in [-0.1, -0.05) is 19.1 Å². The van der Waals surface area contributed by atoms with Crippen LogP contribution >= 0.6 is 0 Å². The van der Waals surface area contributed by atoms with Gasteiger partial charge in [0.1, 0.15) is 0 Å². The summed E-state index contributed by atoms with van der Waals surface area (Å²) in [6, 6.07) is 0.378. The SMILES string of the molecule is C=CCN(CC=C)C(=O)CNC(C)CC. The van der Waals surface area contributed by atoms with Crippen molar-refractivity contribution in [2.24, 2.45) is 0 Å². The summed E-state index contributed by atoms with van der Waals surface area (Å²) in [5, 5.41) is 3.17. The molecular formula is C12H22N2O. The van der Waals surface area contributed by atoms with Gasteiger partial charge < -0.3 is 10.2 Å². The molecule has 3 heteroatoms. The van der Waals surface area contributed by atoms with Crippen molar-refractivity contribution in [3.63, 3.8) is 0 Å². The number of nitrogens with one attached hydrogen (secondary N) is 1. The first-order chi connectivity index (χ1) is 7.15. The summed E-state index contributed by atoms with van der Waals surface area (Å²) >= 11 is 0. The van der Waals surface area contributed by atoms with Crippen LogP contribution in [0, 0.1) is 0 Å². The molecule has 0 radical (unpaired) electrons. The molecule has 0 rings (SSSR count). The molecular weight excluding hydrogens is 188 g/mol. The topological polar surface area (TPSA) is 32.3 Å². The first kappa shape index (κ1) is 13.9. The minimum atomic E-state index is 0.0927. The fourth-order valence-electron chi connectivity index (χ4n) is 1.11. The van der Waals surface area contributed by atoms with Crippen molar-refractivity contribution in [3.05, 3.63) is 25.3 Å². The molecule has 1 atom stereocenters. The number of carbonyl (C=O) groups is 1. The van der Waals surface area contributed by atoms with E-state index in [2.05, 4.69) is 32.3 Å². The maximum atomic E-state index is 11.7. The van der Waals surface area contributed by atoms with Crippen LogP contribution in [0.5, 0.6) is 0 Å². The second-order valence-corrected chi connectivity index (χ2v) is 3.57. The quantitative estimate of drug-likeness (QED) is 0.617. The summed E-state index contributed by atoms with van der Waals surface area (Å²) in [5.41, 5.74) is 0. The van der Waals surface area contributed by atoms with E-state index in [-0.39, 0.29) is 5.91 Å². The van der Waals surface area contributed by atoms with Crippen LogP contribution in [0.4, 0.5) is 0 Å². The Morgan fingerprint density at radius 2 is 1.93 bits per heavy atom. The van der Waals surface area contributed by atoms with Crippen LogP contribution in [0.25, 0.3) is 0 Å². The van der Waals surface area contributed by atoms with Gasteiger partial charge in [-0.25, -0.2) is 0 Å². The van der Waals surface area contributed by atoms with Crippen LogP contribution in [0.2, 0.25) is 0 Å². The Morgan fingerprint density at radius 1 is 1.40 bits per heavy atom. The van der Waals surface area contributed by atoms with Gasteiger partial charge in [-0.15, -0.1) is 13.2 Å². The van der Waals surface area contributed by atoms with Crippen molar-refractivity contribution in [2.45, 2.75) is 26.3 Å². The van der Waals surface area contributed by atoms with Crippen molar-refractivity contribution < 1.29 is 4.79 Å². The van der Waals surface area contributed by atoms with E-state index in [4.69, 9.17) is 0 Å². The van der Waals surface area contributed by atoms with Crippen molar-refractivity contribution >= 4 is 5.91 Å². The normalized spacial score (nSPS) is 11.9. The molecule has 0 aliphatic heterocycles. The van der Waals surface area contributed by atoms with E-state index in [1.807, 2.05) is 0 Å². The highest BCUT2D eigenvalue weighted by atomic mass is 16.2. The van der Waals surface area contributed by atoms with Gasteiger partial charge in [0, 0.05) is 19.1 Å². The van der Waals surface area contributed by atoms with Crippen molar-refractivity contribution in [2.75, 3.05) is 19.6 Å². The van der Waals surface area contributed by atoms with Crippen LogP contribution in [-0.4, -0.2) is 36.5 Å². The molecule has 0 saturated carbocycles. The van der Waals surface area contributed by atoms with Gasteiger partial charge >= 0.3 is 0 Å². The lowest BCUT2D eigenvalue weighted by atomic mass is 10.2. The fourth-order valence-corrected chi connectivity index (χ4v) is 1.11. The third-order valence-corrected chi connectivity index (χ3v) is 2.27. The van der Waals surface area contributed by atoms with Crippen LogP contribution in [0.1, 0.15) is 20.3 Å². The molecule has 0 aliphatic carbocycles. The zero-order chi connectivity index (χ0) is 11.7. The Balaban J connectivity index is 4.01. The second kappa shape index (κ2) is 8.24. The lowest BCUT2D eigenvalue weighted by molar-refractivity contribution is -0.129. The molecule has 0 bridgehead atoms. The maximum Gasteiger partial charge on any atom is 0.237 e. The number of amides is 1. The molecule has 86 valence electrons. The number of hydrogen-bond acceptors (Lipinski definition) is 2. The molecule has 0 saturated heterocycles. The molecule has 0 aromatic heterocycles. The Morgan fingerprint density at radius 3 is 2.33 bits per heavy atom. The molecule has 0 aliphatic rings. The van der Waals surface area contributed by atoms with Gasteiger partial charge in [-0.3, -0.25) is 4.79 Å². The second-order valence-electron chi connectivity index (χ2n) is 3.57. The molecule has 15 heavy (non-hydrogen) atoms. The molecule has 0 aromatic rings. The summed E-state index contributed by atoms with van der Waals surface area (Å²) in [7, 11) is 0. The van der Waals surface area contributed by atoms with E-state index >= 15 is 0 Å². The van der Waals surface area contributed by atoms with Gasteiger partial charge in [0.05, 0.1) is 6.54 Å². The zero-order valence-electron chi connectivity index (χ0n) is 9.83. The molecule has 1 unspecified atom stereocenters. The number of hydrogen-bond donors (Lipinski definition) is 1. The molecule has 0 heterocycles. The van der Waals surface area contributed by atoms with Crippen LogP contribution in [-0.2, 0) is 4.79 Å². The minimum absolute atomic E-state index is 0.0927. The summed E-state index contributed by atoms with van der Waals surface area (Å²) < 4.78 is 0. The van der Waals surface area contributed by atoms with E-state index in [0.717, 1.165) is 6.42 Å².